The molecule has 1 aliphatic rings. The predicted octanol–water partition coefficient (Wildman–Crippen LogP) is 5.18. The van der Waals surface area contributed by atoms with Crippen molar-refractivity contribution in [3.05, 3.63) is 88.4 Å². The molecule has 0 saturated carbocycles. The first-order valence-corrected chi connectivity index (χ1v) is 11.6. The number of hydrogen-bond donors (Lipinski definition) is 0. The minimum atomic E-state index is -1.88. The topological polar surface area (TPSA) is 90.3 Å². The summed E-state index contributed by atoms with van der Waals surface area (Å²) in [5.41, 5.74) is -4.03. The Labute approximate surface area is 222 Å². The molecule has 0 spiro atoms. The van der Waals surface area contributed by atoms with Gasteiger partial charge in [-0.1, -0.05) is 12.1 Å². The molecule has 0 saturated heterocycles. The second kappa shape index (κ2) is 11.4. The normalized spacial score (nSPS) is 17.9. The lowest BCUT2D eigenvalue weighted by atomic mass is 9.81. The number of carbonyl (C=O) groups excluding carboxylic acids is 2. The molecular weight excluding hydrogens is 522 g/mol. The highest BCUT2D eigenvalue weighted by Crippen LogP contribution is 2.42. The van der Waals surface area contributed by atoms with Crippen LogP contribution in [0.4, 0.5) is 22.4 Å². The highest BCUT2D eigenvalue weighted by molar-refractivity contribution is 6.10. The van der Waals surface area contributed by atoms with Crippen LogP contribution in [0.1, 0.15) is 39.0 Å². The maximum Gasteiger partial charge on any atom is 0.420 e. The molecule has 1 aliphatic heterocycles. The molecule has 0 fully saturated rings. The highest BCUT2D eigenvalue weighted by atomic mass is 19.2. The van der Waals surface area contributed by atoms with Crippen LogP contribution < -0.4 is 0 Å². The van der Waals surface area contributed by atoms with E-state index in [1.54, 1.807) is 20.8 Å². The van der Waals surface area contributed by atoms with Crippen molar-refractivity contribution in [1.29, 1.82) is 0 Å². The summed E-state index contributed by atoms with van der Waals surface area (Å²) in [6.45, 7) is 6.14. The summed E-state index contributed by atoms with van der Waals surface area (Å²) in [6, 6.07) is 3.36. The molecule has 208 valence electrons. The van der Waals surface area contributed by atoms with Gasteiger partial charge in [-0.3, -0.25) is 0 Å². The standard InChI is InChI=1S/C27H27F4N3O5/c1-26(2,3)39-25(36)34-20(8-7-11-37-5)21(24(35)38-6)27(4,15-9-10-17(29)18(30)12-15)33-23(34)22-19(31)13-16(28)14-32-22/h7-10,12-14H,11H2,1-6H3/b8-7+. The molecule has 3 rings (SSSR count). The van der Waals surface area contributed by atoms with E-state index in [1.165, 1.54) is 32.3 Å². The molecule has 2 heterocycles. The Morgan fingerprint density at radius 2 is 1.74 bits per heavy atom. The molecule has 1 unspecified atom stereocenters. The highest BCUT2D eigenvalue weighted by Gasteiger charge is 2.47. The summed E-state index contributed by atoms with van der Waals surface area (Å²) in [7, 11) is 2.48. The first-order chi connectivity index (χ1) is 18.2. The number of hydrogen-bond acceptors (Lipinski definition) is 7. The Balaban J connectivity index is 2.49. The maximum absolute atomic E-state index is 15.1. The van der Waals surface area contributed by atoms with Crippen LogP contribution in [-0.4, -0.2) is 54.2 Å². The number of amides is 1. The molecule has 1 aromatic carbocycles. The van der Waals surface area contributed by atoms with E-state index in [-0.39, 0.29) is 23.4 Å². The van der Waals surface area contributed by atoms with E-state index in [2.05, 4.69) is 9.98 Å². The maximum atomic E-state index is 15.1. The predicted molar refractivity (Wildman–Crippen MR) is 133 cm³/mol. The van der Waals surface area contributed by atoms with Crippen LogP contribution in [0.15, 0.2) is 58.9 Å². The fourth-order valence-corrected chi connectivity index (χ4v) is 3.85. The number of carbonyl (C=O) groups is 2. The largest absolute Gasteiger partial charge is 0.466 e. The number of rotatable bonds is 6. The van der Waals surface area contributed by atoms with Gasteiger partial charge in [0.05, 0.1) is 31.2 Å². The van der Waals surface area contributed by atoms with E-state index in [0.29, 0.717) is 12.3 Å². The molecule has 39 heavy (non-hydrogen) atoms. The monoisotopic (exact) mass is 549 g/mol. The lowest BCUT2D eigenvalue weighted by Crippen LogP contribution is -2.48. The Hall–Kier alpha value is -4.06. The van der Waals surface area contributed by atoms with E-state index in [4.69, 9.17) is 14.2 Å². The molecule has 2 aromatic rings. The number of allylic oxidation sites excluding steroid dienone is 1. The minimum absolute atomic E-state index is 0.0254. The van der Waals surface area contributed by atoms with Crippen LogP contribution in [-0.2, 0) is 24.5 Å². The van der Waals surface area contributed by atoms with Gasteiger partial charge in [0, 0.05) is 13.2 Å². The SMILES string of the molecule is COC/C=C/C1=C(C(=O)OC)C(C)(c2ccc(F)c(F)c2)N=C(c2ncc(F)cc2F)N1C(=O)OC(C)(C)C. The van der Waals surface area contributed by atoms with Crippen molar-refractivity contribution < 1.29 is 41.4 Å². The molecule has 0 bridgehead atoms. The summed E-state index contributed by atoms with van der Waals surface area (Å²) >= 11 is 0. The Bertz CT molecular complexity index is 1380. The zero-order valence-corrected chi connectivity index (χ0v) is 22.1. The number of aromatic nitrogens is 1. The van der Waals surface area contributed by atoms with Gasteiger partial charge in [-0.25, -0.2) is 42.0 Å². The van der Waals surface area contributed by atoms with E-state index < -0.39 is 58.0 Å². The van der Waals surface area contributed by atoms with Gasteiger partial charge in [-0.05, 0) is 51.5 Å². The number of benzene rings is 1. The minimum Gasteiger partial charge on any atom is -0.466 e. The van der Waals surface area contributed by atoms with E-state index in [9.17, 15) is 22.8 Å². The zero-order chi connectivity index (χ0) is 29.1. The summed E-state index contributed by atoms with van der Waals surface area (Å²) in [5, 5.41) is 0. The number of esters is 1. The second-order valence-corrected chi connectivity index (χ2v) is 9.55. The van der Waals surface area contributed by atoms with Gasteiger partial charge in [0.2, 0.25) is 0 Å². The summed E-state index contributed by atoms with van der Waals surface area (Å²) in [5.74, 6) is -6.05. The molecule has 1 amide bonds. The van der Waals surface area contributed by atoms with Crippen molar-refractivity contribution in [2.75, 3.05) is 20.8 Å². The number of halogens is 4. The van der Waals surface area contributed by atoms with Crippen LogP contribution in [0.25, 0.3) is 0 Å². The Morgan fingerprint density at radius 3 is 2.31 bits per heavy atom. The van der Waals surface area contributed by atoms with Crippen LogP contribution in [0.5, 0.6) is 0 Å². The quantitative estimate of drug-likeness (QED) is 0.364. The van der Waals surface area contributed by atoms with Crippen molar-refractivity contribution in [3.8, 4) is 0 Å². The zero-order valence-electron chi connectivity index (χ0n) is 22.1. The van der Waals surface area contributed by atoms with Crippen molar-refractivity contribution in [3.63, 3.8) is 0 Å². The lowest BCUT2D eigenvalue weighted by molar-refractivity contribution is -0.137. The Morgan fingerprint density at radius 1 is 1.05 bits per heavy atom. The van der Waals surface area contributed by atoms with Gasteiger partial charge in [0.1, 0.15) is 22.7 Å². The van der Waals surface area contributed by atoms with Gasteiger partial charge in [-0.2, -0.15) is 0 Å². The third kappa shape index (κ3) is 6.17. The number of aliphatic imine (C=N–C) groups is 1. The molecule has 1 atom stereocenters. The molecule has 8 nitrogen and oxygen atoms in total. The van der Waals surface area contributed by atoms with Crippen LogP contribution >= 0.6 is 0 Å². The number of amidine groups is 1. The number of pyridine rings is 1. The lowest BCUT2D eigenvalue weighted by Gasteiger charge is -2.39. The fraction of sp³-hybridized carbons (Fsp3) is 0.333. The average molecular weight is 550 g/mol. The first-order valence-electron chi connectivity index (χ1n) is 11.6. The van der Waals surface area contributed by atoms with E-state index in [0.717, 1.165) is 24.1 Å². The summed E-state index contributed by atoms with van der Waals surface area (Å²) in [6.07, 6.45) is 2.38. The van der Waals surface area contributed by atoms with Crippen molar-refractivity contribution in [2.45, 2.75) is 38.8 Å². The molecule has 0 radical (unpaired) electrons. The molecule has 0 aliphatic carbocycles. The fourth-order valence-electron chi connectivity index (χ4n) is 3.85. The summed E-state index contributed by atoms with van der Waals surface area (Å²) < 4.78 is 72.7. The average Bonchev–Trinajstić information content (AvgIpc) is 2.84. The van der Waals surface area contributed by atoms with Crippen LogP contribution in [0.3, 0.4) is 0 Å². The van der Waals surface area contributed by atoms with Crippen molar-refractivity contribution in [2.24, 2.45) is 4.99 Å². The van der Waals surface area contributed by atoms with E-state index in [1.807, 2.05) is 0 Å². The molecule has 12 heteroatoms. The van der Waals surface area contributed by atoms with Gasteiger partial charge < -0.3 is 14.2 Å². The van der Waals surface area contributed by atoms with Gasteiger partial charge in [-0.15, -0.1) is 0 Å². The summed E-state index contributed by atoms with van der Waals surface area (Å²) in [4.78, 5) is 35.9. The molecule has 0 N–H and O–H groups in total. The second-order valence-electron chi connectivity index (χ2n) is 9.55. The van der Waals surface area contributed by atoms with Crippen LogP contribution in [0.2, 0.25) is 0 Å². The smallest absolute Gasteiger partial charge is 0.420 e. The number of ether oxygens (including phenoxy) is 3. The number of nitrogens with zero attached hydrogens (tertiary/aromatic N) is 3. The van der Waals surface area contributed by atoms with Crippen molar-refractivity contribution >= 4 is 17.9 Å². The third-order valence-electron chi connectivity index (χ3n) is 5.53. The molecular formula is C27H27F4N3O5. The van der Waals surface area contributed by atoms with Crippen LogP contribution in [0, 0.1) is 23.3 Å². The van der Waals surface area contributed by atoms with Crippen molar-refractivity contribution in [1.82, 2.24) is 9.88 Å². The van der Waals surface area contributed by atoms with E-state index >= 15 is 4.39 Å². The van der Waals surface area contributed by atoms with Gasteiger partial charge in [0.15, 0.2) is 23.3 Å². The third-order valence-corrected chi connectivity index (χ3v) is 5.53. The Kier molecular flexibility index (Phi) is 8.59. The number of methoxy groups -OCH3 is 2. The molecule has 1 aromatic heterocycles. The van der Waals surface area contributed by atoms with Gasteiger partial charge in [0.25, 0.3) is 0 Å². The first kappa shape index (κ1) is 29.5. The van der Waals surface area contributed by atoms with Gasteiger partial charge >= 0.3 is 12.1 Å².